The highest BCUT2D eigenvalue weighted by Gasteiger charge is 2.08. The second-order valence-electron chi connectivity index (χ2n) is 4.91. The molecule has 0 radical (unpaired) electrons. The van der Waals surface area contributed by atoms with Gasteiger partial charge in [-0.15, -0.1) is 0 Å². The van der Waals surface area contributed by atoms with Gasteiger partial charge in [-0.2, -0.15) is 0 Å². The number of halogens is 1. The Bertz CT molecular complexity index is 554. The van der Waals surface area contributed by atoms with E-state index in [2.05, 4.69) is 24.0 Å². The maximum absolute atomic E-state index is 13.2. The highest BCUT2D eigenvalue weighted by molar-refractivity contribution is 5.27. The summed E-state index contributed by atoms with van der Waals surface area (Å²) < 4.78 is 13.2. The molecule has 2 N–H and O–H groups in total. The van der Waals surface area contributed by atoms with Gasteiger partial charge in [0.05, 0.1) is 0 Å². The molecule has 0 amide bonds. The van der Waals surface area contributed by atoms with Crippen molar-refractivity contribution in [2.24, 2.45) is 5.73 Å². The normalized spacial score (nSPS) is 11.0. The molecule has 0 atom stereocenters. The summed E-state index contributed by atoms with van der Waals surface area (Å²) in [5.74, 6) is -0.180. The smallest absolute Gasteiger partial charge is 0.123 e. The topological polar surface area (TPSA) is 29.3 Å². The van der Waals surface area contributed by atoms with E-state index in [4.69, 9.17) is 5.73 Å². The summed E-state index contributed by atoms with van der Waals surface area (Å²) in [6.07, 6.45) is 0. The highest BCUT2D eigenvalue weighted by Crippen LogP contribution is 2.14. The third-order valence-corrected chi connectivity index (χ3v) is 3.47. The Morgan fingerprint density at radius 2 is 1.75 bits per heavy atom. The molecule has 2 rings (SSSR count). The standard InChI is InChI=1S/C17H21FN2/c1-2-20(12-14-6-5-9-17(18)10-14)13-16-8-4-3-7-15(16)11-19/h3-10H,2,11-13,19H2,1H3. The number of hydrogen-bond acceptors (Lipinski definition) is 2. The first kappa shape index (κ1) is 14.7. The van der Waals surface area contributed by atoms with Crippen molar-refractivity contribution in [3.63, 3.8) is 0 Å². The molecule has 106 valence electrons. The lowest BCUT2D eigenvalue weighted by molar-refractivity contribution is 0.270. The van der Waals surface area contributed by atoms with Gasteiger partial charge in [0.1, 0.15) is 5.82 Å². The second-order valence-corrected chi connectivity index (χ2v) is 4.91. The SMILES string of the molecule is CCN(Cc1cccc(F)c1)Cc1ccccc1CN. The van der Waals surface area contributed by atoms with Gasteiger partial charge in [0.25, 0.3) is 0 Å². The third-order valence-electron chi connectivity index (χ3n) is 3.47. The van der Waals surface area contributed by atoms with Gasteiger partial charge in [0.2, 0.25) is 0 Å². The number of nitrogens with two attached hydrogens (primary N) is 1. The lowest BCUT2D eigenvalue weighted by Gasteiger charge is -2.22. The van der Waals surface area contributed by atoms with Gasteiger partial charge < -0.3 is 5.73 Å². The maximum Gasteiger partial charge on any atom is 0.123 e. The van der Waals surface area contributed by atoms with Crippen LogP contribution in [0.25, 0.3) is 0 Å². The summed E-state index contributed by atoms with van der Waals surface area (Å²) in [5, 5.41) is 0. The molecule has 2 nitrogen and oxygen atoms in total. The van der Waals surface area contributed by atoms with E-state index in [1.807, 2.05) is 18.2 Å². The highest BCUT2D eigenvalue weighted by atomic mass is 19.1. The lowest BCUT2D eigenvalue weighted by atomic mass is 10.1. The van der Waals surface area contributed by atoms with Crippen molar-refractivity contribution in [2.75, 3.05) is 6.54 Å². The van der Waals surface area contributed by atoms with Crippen LogP contribution in [-0.4, -0.2) is 11.4 Å². The van der Waals surface area contributed by atoms with Crippen molar-refractivity contribution in [2.45, 2.75) is 26.6 Å². The lowest BCUT2D eigenvalue weighted by Crippen LogP contribution is -2.23. The molecule has 3 heteroatoms. The summed E-state index contributed by atoms with van der Waals surface area (Å²) >= 11 is 0. The van der Waals surface area contributed by atoms with Gasteiger partial charge in [-0.3, -0.25) is 4.90 Å². The van der Waals surface area contributed by atoms with Crippen LogP contribution in [0.3, 0.4) is 0 Å². The van der Waals surface area contributed by atoms with Crippen molar-refractivity contribution >= 4 is 0 Å². The number of hydrogen-bond donors (Lipinski definition) is 1. The van der Waals surface area contributed by atoms with Crippen molar-refractivity contribution < 1.29 is 4.39 Å². The van der Waals surface area contributed by atoms with E-state index in [9.17, 15) is 4.39 Å². The van der Waals surface area contributed by atoms with Crippen LogP contribution >= 0.6 is 0 Å². The third kappa shape index (κ3) is 3.89. The summed E-state index contributed by atoms with van der Waals surface area (Å²) in [5.41, 5.74) is 9.18. The first-order valence-corrected chi connectivity index (χ1v) is 6.96. The fourth-order valence-corrected chi connectivity index (χ4v) is 2.32. The molecule has 0 spiro atoms. The molecular formula is C17H21FN2. The molecule has 0 aliphatic rings. The van der Waals surface area contributed by atoms with Crippen LogP contribution in [0.15, 0.2) is 48.5 Å². The van der Waals surface area contributed by atoms with E-state index in [1.54, 1.807) is 12.1 Å². The Labute approximate surface area is 120 Å². The molecule has 0 heterocycles. The van der Waals surface area contributed by atoms with Crippen LogP contribution in [0.5, 0.6) is 0 Å². The minimum absolute atomic E-state index is 0.180. The molecule has 2 aromatic rings. The first-order valence-electron chi connectivity index (χ1n) is 6.96. The largest absolute Gasteiger partial charge is 0.326 e. The van der Waals surface area contributed by atoms with Gasteiger partial charge >= 0.3 is 0 Å². The van der Waals surface area contributed by atoms with Gasteiger partial charge in [-0.1, -0.05) is 43.3 Å². The zero-order chi connectivity index (χ0) is 14.4. The van der Waals surface area contributed by atoms with E-state index in [0.29, 0.717) is 6.54 Å². The predicted molar refractivity (Wildman–Crippen MR) is 80.5 cm³/mol. The fraction of sp³-hybridized carbons (Fsp3) is 0.294. The molecule has 0 bridgehead atoms. The predicted octanol–water partition coefficient (Wildman–Crippen LogP) is 3.31. The molecule has 0 aliphatic heterocycles. The molecule has 0 saturated heterocycles. The van der Waals surface area contributed by atoms with Crippen molar-refractivity contribution in [3.8, 4) is 0 Å². The monoisotopic (exact) mass is 272 g/mol. The van der Waals surface area contributed by atoms with Crippen molar-refractivity contribution in [1.82, 2.24) is 4.90 Å². The van der Waals surface area contributed by atoms with E-state index in [1.165, 1.54) is 17.2 Å². The average Bonchev–Trinajstić information content (AvgIpc) is 2.47. The average molecular weight is 272 g/mol. The van der Waals surface area contributed by atoms with Crippen LogP contribution in [0.1, 0.15) is 23.6 Å². The molecular weight excluding hydrogens is 251 g/mol. The molecule has 0 aromatic heterocycles. The van der Waals surface area contributed by atoms with E-state index >= 15 is 0 Å². The summed E-state index contributed by atoms with van der Waals surface area (Å²) in [6, 6.07) is 15.0. The van der Waals surface area contributed by atoms with Gasteiger partial charge in [-0.05, 0) is 35.4 Å². The Balaban J connectivity index is 2.09. The fourth-order valence-electron chi connectivity index (χ4n) is 2.32. The van der Waals surface area contributed by atoms with Crippen LogP contribution in [0.4, 0.5) is 4.39 Å². The summed E-state index contributed by atoms with van der Waals surface area (Å²) in [4.78, 5) is 2.28. The van der Waals surface area contributed by atoms with Crippen LogP contribution < -0.4 is 5.73 Å². The van der Waals surface area contributed by atoms with Crippen LogP contribution in [0.2, 0.25) is 0 Å². The zero-order valence-corrected chi connectivity index (χ0v) is 11.8. The van der Waals surface area contributed by atoms with E-state index < -0.39 is 0 Å². The Morgan fingerprint density at radius 1 is 1.00 bits per heavy atom. The van der Waals surface area contributed by atoms with E-state index in [-0.39, 0.29) is 5.82 Å². The minimum atomic E-state index is -0.180. The Hall–Kier alpha value is -1.71. The van der Waals surface area contributed by atoms with Crippen molar-refractivity contribution in [1.29, 1.82) is 0 Å². The van der Waals surface area contributed by atoms with Crippen LogP contribution in [-0.2, 0) is 19.6 Å². The number of nitrogens with zero attached hydrogens (tertiary/aromatic N) is 1. The Morgan fingerprint density at radius 3 is 2.40 bits per heavy atom. The Kier molecular flexibility index (Phi) is 5.27. The first-order chi connectivity index (χ1) is 9.72. The number of rotatable bonds is 6. The van der Waals surface area contributed by atoms with E-state index in [0.717, 1.165) is 25.2 Å². The molecule has 0 aliphatic carbocycles. The van der Waals surface area contributed by atoms with Crippen molar-refractivity contribution in [3.05, 3.63) is 71.0 Å². The second kappa shape index (κ2) is 7.17. The molecule has 0 fully saturated rings. The molecule has 20 heavy (non-hydrogen) atoms. The molecule has 0 unspecified atom stereocenters. The van der Waals surface area contributed by atoms with Gasteiger partial charge in [0.15, 0.2) is 0 Å². The van der Waals surface area contributed by atoms with Gasteiger partial charge in [0, 0.05) is 19.6 Å². The molecule has 2 aromatic carbocycles. The van der Waals surface area contributed by atoms with Crippen LogP contribution in [0, 0.1) is 5.82 Å². The minimum Gasteiger partial charge on any atom is -0.326 e. The molecule has 0 saturated carbocycles. The number of benzene rings is 2. The quantitative estimate of drug-likeness (QED) is 0.874. The maximum atomic E-state index is 13.2. The zero-order valence-electron chi connectivity index (χ0n) is 11.8. The van der Waals surface area contributed by atoms with Gasteiger partial charge in [-0.25, -0.2) is 4.39 Å². The summed E-state index contributed by atoms with van der Waals surface area (Å²) in [7, 11) is 0. The summed E-state index contributed by atoms with van der Waals surface area (Å²) in [6.45, 7) is 5.15.